The lowest BCUT2D eigenvalue weighted by atomic mass is 9.75. The van der Waals surface area contributed by atoms with Crippen LogP contribution in [0.5, 0.6) is 0 Å². The van der Waals surface area contributed by atoms with E-state index in [9.17, 15) is 20.2 Å². The van der Waals surface area contributed by atoms with Crippen molar-refractivity contribution < 1.29 is 9.72 Å². The number of hydrogen-bond acceptors (Lipinski definition) is 10. The number of ketones is 1. The zero-order valence-electron chi connectivity index (χ0n) is 17.4. The minimum atomic E-state index is -0.753. The second-order valence-electron chi connectivity index (χ2n) is 7.69. The highest BCUT2D eigenvalue weighted by Gasteiger charge is 2.41. The monoisotopic (exact) mass is 468 g/mol. The van der Waals surface area contributed by atoms with E-state index in [4.69, 9.17) is 5.73 Å². The van der Waals surface area contributed by atoms with Gasteiger partial charge in [0.05, 0.1) is 22.5 Å². The molecular formula is C21H20N6O3S2. The zero-order valence-corrected chi connectivity index (χ0v) is 19.1. The van der Waals surface area contributed by atoms with E-state index in [1.807, 2.05) is 0 Å². The molecule has 0 amide bonds. The summed E-state index contributed by atoms with van der Waals surface area (Å²) in [6.07, 6.45) is 1.58. The molecule has 0 fully saturated rings. The maximum absolute atomic E-state index is 13.1. The Hall–Kier alpha value is -3.23. The fourth-order valence-corrected chi connectivity index (χ4v) is 6.10. The zero-order chi connectivity index (χ0) is 23.0. The van der Waals surface area contributed by atoms with Crippen LogP contribution in [0, 0.1) is 21.4 Å². The van der Waals surface area contributed by atoms with E-state index in [1.54, 1.807) is 28.8 Å². The molecule has 1 aromatic carbocycles. The average Bonchev–Trinajstić information content (AvgIpc) is 3.20. The summed E-state index contributed by atoms with van der Waals surface area (Å²) >= 11 is 2.92. The quantitative estimate of drug-likeness (QED) is 0.387. The third-order valence-electron chi connectivity index (χ3n) is 5.25. The minimum Gasteiger partial charge on any atom is -0.384 e. The number of nitrogens with zero attached hydrogens (tertiary/aromatic N) is 5. The third-order valence-corrected chi connectivity index (χ3v) is 7.25. The number of nitrogens with two attached hydrogens (primary N) is 1. The summed E-state index contributed by atoms with van der Waals surface area (Å²) < 4.78 is 0.770. The Morgan fingerprint density at radius 3 is 2.84 bits per heavy atom. The normalized spacial score (nSPS) is 18.8. The van der Waals surface area contributed by atoms with Crippen molar-refractivity contribution in [3.8, 4) is 6.07 Å². The first-order valence-electron chi connectivity index (χ1n) is 10.0. The first-order valence-corrected chi connectivity index (χ1v) is 11.7. The van der Waals surface area contributed by atoms with Gasteiger partial charge in [0.15, 0.2) is 10.1 Å². The number of rotatable bonds is 5. The molecule has 2 N–H and O–H groups in total. The number of carbonyl (C=O) groups excluding carboxylic acids is 1. The summed E-state index contributed by atoms with van der Waals surface area (Å²) in [6, 6.07) is 8.18. The Bertz CT molecular complexity index is 1210. The summed E-state index contributed by atoms with van der Waals surface area (Å²) in [5.74, 6) is -0.666. The van der Waals surface area contributed by atoms with Crippen LogP contribution in [0.1, 0.15) is 44.6 Å². The van der Waals surface area contributed by atoms with E-state index in [1.165, 1.54) is 23.5 Å². The lowest BCUT2D eigenvalue weighted by Crippen LogP contribution is -2.38. The summed E-state index contributed by atoms with van der Waals surface area (Å²) in [5.41, 5.74) is 8.19. The van der Waals surface area contributed by atoms with Crippen LogP contribution < -0.4 is 10.6 Å². The number of anilines is 1. The number of thioether (sulfide) groups is 1. The summed E-state index contributed by atoms with van der Waals surface area (Å²) in [6.45, 7) is 4.11. The van der Waals surface area contributed by atoms with Gasteiger partial charge in [0.1, 0.15) is 5.82 Å². The van der Waals surface area contributed by atoms with Crippen molar-refractivity contribution in [2.75, 3.05) is 4.90 Å². The number of carbonyl (C=O) groups is 1. The van der Waals surface area contributed by atoms with E-state index < -0.39 is 10.8 Å². The summed E-state index contributed by atoms with van der Waals surface area (Å²) in [4.78, 5) is 25.6. The van der Waals surface area contributed by atoms with Crippen LogP contribution >= 0.6 is 23.1 Å². The molecule has 1 atom stereocenters. The lowest BCUT2D eigenvalue weighted by molar-refractivity contribution is -0.384. The van der Waals surface area contributed by atoms with Gasteiger partial charge in [-0.3, -0.25) is 19.8 Å². The smallest absolute Gasteiger partial charge is 0.269 e. The minimum absolute atomic E-state index is 0.0886. The number of hydrogen-bond donors (Lipinski definition) is 1. The van der Waals surface area contributed by atoms with Crippen LogP contribution in [0.3, 0.4) is 0 Å². The Kier molecular flexibility index (Phi) is 5.99. The maximum atomic E-state index is 13.1. The van der Waals surface area contributed by atoms with Crippen LogP contribution in [-0.2, 0) is 4.79 Å². The molecule has 1 aromatic heterocycles. The summed E-state index contributed by atoms with van der Waals surface area (Å²) in [5, 5.41) is 30.7. The molecule has 9 nitrogen and oxygen atoms in total. The third kappa shape index (κ3) is 3.87. The van der Waals surface area contributed by atoms with Gasteiger partial charge in [-0.05, 0) is 18.4 Å². The van der Waals surface area contributed by atoms with Gasteiger partial charge in [-0.15, -0.1) is 10.2 Å². The van der Waals surface area contributed by atoms with Crippen molar-refractivity contribution in [3.05, 3.63) is 62.6 Å². The standard InChI is InChI=1S/C21H20N6O3S2/c1-11(2)31-21-25-24-20(32-21)26-15-7-4-8-16(28)18(15)17(14(10-22)19(26)23)12-5-3-6-13(9-12)27(29)30/h3,5-6,9,11,17H,4,7-8,23H2,1-2H3. The Labute approximate surface area is 192 Å². The van der Waals surface area contributed by atoms with Crippen molar-refractivity contribution in [2.45, 2.75) is 48.6 Å². The number of nitriles is 1. The van der Waals surface area contributed by atoms with Gasteiger partial charge in [-0.25, -0.2) is 0 Å². The molecule has 164 valence electrons. The predicted molar refractivity (Wildman–Crippen MR) is 122 cm³/mol. The van der Waals surface area contributed by atoms with Crippen molar-refractivity contribution in [1.29, 1.82) is 5.26 Å². The number of nitro groups is 1. The van der Waals surface area contributed by atoms with Gasteiger partial charge in [-0.1, -0.05) is 49.1 Å². The van der Waals surface area contributed by atoms with Crippen molar-refractivity contribution in [3.63, 3.8) is 0 Å². The first kappa shape index (κ1) is 22.0. The molecule has 4 rings (SSSR count). The van der Waals surface area contributed by atoms with Crippen molar-refractivity contribution >= 4 is 39.7 Å². The number of non-ortho nitro benzene ring substituents is 1. The highest BCUT2D eigenvalue weighted by molar-refractivity contribution is 8.01. The van der Waals surface area contributed by atoms with E-state index in [0.717, 1.165) is 4.34 Å². The van der Waals surface area contributed by atoms with Crippen LogP contribution in [0.2, 0.25) is 0 Å². The first-order chi connectivity index (χ1) is 15.3. The number of benzene rings is 1. The van der Waals surface area contributed by atoms with Crippen molar-refractivity contribution in [2.24, 2.45) is 5.73 Å². The van der Waals surface area contributed by atoms with Gasteiger partial charge in [0.2, 0.25) is 5.13 Å². The molecule has 0 radical (unpaired) electrons. The Morgan fingerprint density at radius 1 is 1.38 bits per heavy atom. The highest BCUT2D eigenvalue weighted by atomic mass is 32.2. The van der Waals surface area contributed by atoms with Gasteiger partial charge in [0.25, 0.3) is 5.69 Å². The fourth-order valence-electron chi connectivity index (χ4n) is 4.00. The molecule has 2 aliphatic rings. The highest BCUT2D eigenvalue weighted by Crippen LogP contribution is 2.47. The number of Topliss-reactive ketones (excluding diaryl/α,β-unsaturated/α-hetero) is 1. The molecule has 0 saturated heterocycles. The Morgan fingerprint density at radius 2 is 2.16 bits per heavy atom. The van der Waals surface area contributed by atoms with Crippen LogP contribution in [0.25, 0.3) is 0 Å². The fraction of sp³-hybridized carbons (Fsp3) is 0.333. The molecule has 0 bridgehead atoms. The molecule has 1 aliphatic heterocycles. The van der Waals surface area contributed by atoms with Gasteiger partial charge in [-0.2, -0.15) is 5.26 Å². The molecule has 1 unspecified atom stereocenters. The second kappa shape index (κ2) is 8.72. The SMILES string of the molecule is CC(C)Sc1nnc(N2C(N)=C(C#N)C(c3cccc([N+](=O)[O-])c3)C3=C2CCCC3=O)s1. The topological polar surface area (TPSA) is 139 Å². The van der Waals surface area contributed by atoms with E-state index in [0.29, 0.717) is 46.5 Å². The largest absolute Gasteiger partial charge is 0.384 e. The second-order valence-corrected chi connectivity index (χ2v) is 10.5. The number of nitro benzene ring substituents is 1. The van der Waals surface area contributed by atoms with Gasteiger partial charge < -0.3 is 5.73 Å². The molecule has 1 aliphatic carbocycles. The van der Waals surface area contributed by atoms with Gasteiger partial charge >= 0.3 is 0 Å². The molecule has 11 heteroatoms. The van der Waals surface area contributed by atoms with Crippen LogP contribution in [0.15, 0.2) is 51.3 Å². The number of aromatic nitrogens is 2. The molecule has 2 aromatic rings. The van der Waals surface area contributed by atoms with Crippen LogP contribution in [-0.4, -0.2) is 26.2 Å². The molecule has 32 heavy (non-hydrogen) atoms. The summed E-state index contributed by atoms with van der Waals surface area (Å²) in [7, 11) is 0. The average molecular weight is 469 g/mol. The lowest BCUT2D eigenvalue weighted by Gasteiger charge is -2.38. The molecule has 0 spiro atoms. The number of allylic oxidation sites excluding steroid dienone is 3. The van der Waals surface area contributed by atoms with Crippen LogP contribution in [0.4, 0.5) is 10.8 Å². The van der Waals surface area contributed by atoms with Crippen molar-refractivity contribution in [1.82, 2.24) is 10.2 Å². The Balaban J connectivity index is 1.89. The van der Waals surface area contributed by atoms with E-state index >= 15 is 0 Å². The molecule has 0 saturated carbocycles. The predicted octanol–water partition coefficient (Wildman–Crippen LogP) is 4.25. The van der Waals surface area contributed by atoms with E-state index in [2.05, 4.69) is 30.1 Å². The van der Waals surface area contributed by atoms with Gasteiger partial charge in [0, 0.05) is 35.1 Å². The van der Waals surface area contributed by atoms with E-state index in [-0.39, 0.29) is 22.9 Å². The molecular weight excluding hydrogens is 448 g/mol. The molecule has 2 heterocycles. The maximum Gasteiger partial charge on any atom is 0.269 e.